The molecule has 0 amide bonds. The lowest BCUT2D eigenvalue weighted by Crippen LogP contribution is -2.50. The molecule has 3 heteroatoms. The Morgan fingerprint density at radius 3 is 2.72 bits per heavy atom. The van der Waals surface area contributed by atoms with Gasteiger partial charge in [0.1, 0.15) is 0 Å². The summed E-state index contributed by atoms with van der Waals surface area (Å²) in [6, 6.07) is 0.558. The van der Waals surface area contributed by atoms with Gasteiger partial charge in [-0.05, 0) is 52.1 Å². The summed E-state index contributed by atoms with van der Waals surface area (Å²) in [6.45, 7) is 12.4. The molecule has 3 unspecified atom stereocenters. The van der Waals surface area contributed by atoms with Crippen molar-refractivity contribution in [2.75, 3.05) is 26.2 Å². The summed E-state index contributed by atoms with van der Waals surface area (Å²) in [5.41, 5.74) is -0.128. The highest BCUT2D eigenvalue weighted by molar-refractivity contribution is 4.89. The van der Waals surface area contributed by atoms with Crippen LogP contribution < -0.4 is 5.32 Å². The summed E-state index contributed by atoms with van der Waals surface area (Å²) in [4.78, 5) is 2.60. The van der Waals surface area contributed by atoms with Gasteiger partial charge in [0.15, 0.2) is 0 Å². The van der Waals surface area contributed by atoms with Gasteiger partial charge in [-0.25, -0.2) is 0 Å². The van der Waals surface area contributed by atoms with Crippen LogP contribution in [0.15, 0.2) is 0 Å². The van der Waals surface area contributed by atoms with Crippen LogP contribution in [0.25, 0.3) is 0 Å². The van der Waals surface area contributed by atoms with Crippen LogP contribution in [0.5, 0.6) is 0 Å². The summed E-state index contributed by atoms with van der Waals surface area (Å²) >= 11 is 0. The highest BCUT2D eigenvalue weighted by atomic mass is 16.3. The number of likely N-dealkylation sites (tertiary alicyclic amines) is 1. The molecule has 3 atom stereocenters. The van der Waals surface area contributed by atoms with E-state index in [1.54, 1.807) is 0 Å². The van der Waals surface area contributed by atoms with E-state index >= 15 is 0 Å². The normalized spacial score (nSPS) is 26.2. The third kappa shape index (κ3) is 4.52. The molecular formula is C15H32N2O. The molecule has 0 spiro atoms. The van der Waals surface area contributed by atoms with Crippen molar-refractivity contribution < 1.29 is 5.11 Å². The molecule has 0 aromatic heterocycles. The van der Waals surface area contributed by atoms with E-state index in [9.17, 15) is 5.11 Å². The molecule has 3 nitrogen and oxygen atoms in total. The van der Waals surface area contributed by atoms with Gasteiger partial charge in [0, 0.05) is 18.1 Å². The quantitative estimate of drug-likeness (QED) is 0.699. The molecule has 0 radical (unpaired) electrons. The van der Waals surface area contributed by atoms with E-state index in [4.69, 9.17) is 0 Å². The molecule has 0 aliphatic carbocycles. The van der Waals surface area contributed by atoms with E-state index in [2.05, 4.69) is 37.9 Å². The number of nitrogens with zero attached hydrogens (tertiary/aromatic N) is 1. The predicted octanol–water partition coefficient (Wildman–Crippen LogP) is 2.25. The van der Waals surface area contributed by atoms with E-state index in [1.165, 1.54) is 32.4 Å². The first kappa shape index (κ1) is 15.9. The van der Waals surface area contributed by atoms with Crippen molar-refractivity contribution in [2.24, 2.45) is 5.92 Å². The lowest BCUT2D eigenvalue weighted by atomic mass is 9.93. The van der Waals surface area contributed by atoms with Gasteiger partial charge in [-0.1, -0.05) is 20.3 Å². The highest BCUT2D eigenvalue weighted by Crippen LogP contribution is 2.25. The summed E-state index contributed by atoms with van der Waals surface area (Å²) in [5.74, 6) is 0.900. The molecule has 0 aromatic carbocycles. The third-order valence-corrected chi connectivity index (χ3v) is 4.34. The number of rotatable bonds is 8. The van der Waals surface area contributed by atoms with E-state index in [1.807, 2.05) is 0 Å². The minimum atomic E-state index is -0.128. The average molecular weight is 256 g/mol. The maximum Gasteiger partial charge on any atom is 0.0611 e. The van der Waals surface area contributed by atoms with Gasteiger partial charge < -0.3 is 15.3 Å². The minimum absolute atomic E-state index is 0.128. The van der Waals surface area contributed by atoms with Crippen LogP contribution in [0.4, 0.5) is 0 Å². The van der Waals surface area contributed by atoms with Crippen LogP contribution in [0.3, 0.4) is 0 Å². The fourth-order valence-corrected chi connectivity index (χ4v) is 3.31. The minimum Gasteiger partial charge on any atom is -0.394 e. The van der Waals surface area contributed by atoms with Crippen molar-refractivity contribution in [1.29, 1.82) is 0 Å². The molecule has 0 aromatic rings. The van der Waals surface area contributed by atoms with Crippen molar-refractivity contribution in [3.05, 3.63) is 0 Å². The second-order valence-electron chi connectivity index (χ2n) is 6.24. The molecule has 1 aliphatic rings. The molecule has 1 aliphatic heterocycles. The Bertz CT molecular complexity index is 235. The van der Waals surface area contributed by atoms with Crippen LogP contribution in [0, 0.1) is 5.92 Å². The third-order valence-electron chi connectivity index (χ3n) is 4.34. The second-order valence-corrected chi connectivity index (χ2v) is 6.24. The van der Waals surface area contributed by atoms with Gasteiger partial charge in [0.25, 0.3) is 0 Å². The molecular weight excluding hydrogens is 224 g/mol. The van der Waals surface area contributed by atoms with Gasteiger partial charge in [-0.15, -0.1) is 0 Å². The fraction of sp³-hybridized carbons (Fsp3) is 1.00. The van der Waals surface area contributed by atoms with Crippen molar-refractivity contribution >= 4 is 0 Å². The number of likely N-dealkylation sites (N-methyl/N-ethyl adjacent to an activating group) is 1. The van der Waals surface area contributed by atoms with Crippen LogP contribution in [-0.4, -0.2) is 47.8 Å². The lowest BCUT2D eigenvalue weighted by Gasteiger charge is -2.35. The molecule has 0 saturated carbocycles. The number of aliphatic hydroxyl groups excluding tert-OH is 1. The molecule has 1 heterocycles. The SMILES string of the molecule is CCCC1CCN(C(C)CC(C)(CO)NCC)C1. The van der Waals surface area contributed by atoms with Crippen molar-refractivity contribution in [3.63, 3.8) is 0 Å². The largest absolute Gasteiger partial charge is 0.394 e. The predicted molar refractivity (Wildman–Crippen MR) is 77.8 cm³/mol. The number of nitrogens with one attached hydrogen (secondary N) is 1. The Morgan fingerprint density at radius 1 is 1.44 bits per heavy atom. The Hall–Kier alpha value is -0.120. The maximum atomic E-state index is 9.56. The summed E-state index contributed by atoms with van der Waals surface area (Å²) in [5, 5.41) is 13.0. The van der Waals surface area contributed by atoms with Crippen molar-refractivity contribution in [1.82, 2.24) is 10.2 Å². The molecule has 1 rings (SSSR count). The molecule has 0 bridgehead atoms. The first-order valence-corrected chi connectivity index (χ1v) is 7.64. The van der Waals surface area contributed by atoms with E-state index < -0.39 is 0 Å². The summed E-state index contributed by atoms with van der Waals surface area (Å²) in [7, 11) is 0. The van der Waals surface area contributed by atoms with Crippen LogP contribution >= 0.6 is 0 Å². The fourth-order valence-electron chi connectivity index (χ4n) is 3.31. The molecule has 1 saturated heterocycles. The second kappa shape index (κ2) is 7.46. The van der Waals surface area contributed by atoms with Gasteiger partial charge in [-0.2, -0.15) is 0 Å². The van der Waals surface area contributed by atoms with E-state index in [-0.39, 0.29) is 12.1 Å². The Balaban J connectivity index is 2.43. The molecule has 108 valence electrons. The average Bonchev–Trinajstić information content (AvgIpc) is 2.78. The van der Waals surface area contributed by atoms with Gasteiger partial charge in [0.05, 0.1) is 6.61 Å². The zero-order valence-corrected chi connectivity index (χ0v) is 12.7. The van der Waals surface area contributed by atoms with E-state index in [0.717, 1.165) is 18.9 Å². The molecule has 1 fully saturated rings. The highest BCUT2D eigenvalue weighted by Gasteiger charge is 2.31. The monoisotopic (exact) mass is 256 g/mol. The first-order valence-electron chi connectivity index (χ1n) is 7.64. The Morgan fingerprint density at radius 2 is 2.17 bits per heavy atom. The molecule has 18 heavy (non-hydrogen) atoms. The number of aliphatic hydroxyl groups is 1. The Kier molecular flexibility index (Phi) is 6.61. The maximum absolute atomic E-state index is 9.56. The van der Waals surface area contributed by atoms with Crippen LogP contribution in [-0.2, 0) is 0 Å². The van der Waals surface area contributed by atoms with Crippen LogP contribution in [0.2, 0.25) is 0 Å². The number of hydrogen-bond donors (Lipinski definition) is 2. The van der Waals surface area contributed by atoms with Crippen molar-refractivity contribution in [2.45, 2.75) is 65.0 Å². The van der Waals surface area contributed by atoms with Gasteiger partial charge >= 0.3 is 0 Å². The summed E-state index contributed by atoms with van der Waals surface area (Å²) in [6.07, 6.45) is 5.05. The number of hydrogen-bond acceptors (Lipinski definition) is 3. The smallest absolute Gasteiger partial charge is 0.0611 e. The Labute approximate surface area is 113 Å². The zero-order chi connectivity index (χ0) is 13.6. The first-order chi connectivity index (χ1) is 8.54. The van der Waals surface area contributed by atoms with Gasteiger partial charge in [-0.3, -0.25) is 0 Å². The van der Waals surface area contributed by atoms with Crippen molar-refractivity contribution in [3.8, 4) is 0 Å². The topological polar surface area (TPSA) is 35.5 Å². The standard InChI is InChI=1S/C15H32N2O/c1-5-7-14-8-9-17(11-14)13(3)10-15(4,12-18)16-6-2/h13-14,16,18H,5-12H2,1-4H3. The van der Waals surface area contributed by atoms with E-state index in [0.29, 0.717) is 6.04 Å². The summed E-state index contributed by atoms with van der Waals surface area (Å²) < 4.78 is 0. The zero-order valence-electron chi connectivity index (χ0n) is 12.7. The molecule has 2 N–H and O–H groups in total. The lowest BCUT2D eigenvalue weighted by molar-refractivity contribution is 0.125. The van der Waals surface area contributed by atoms with Crippen LogP contribution in [0.1, 0.15) is 53.4 Å². The van der Waals surface area contributed by atoms with Gasteiger partial charge in [0.2, 0.25) is 0 Å².